The Balaban J connectivity index is 2.75. The van der Waals surface area contributed by atoms with E-state index in [4.69, 9.17) is 9.47 Å². The van der Waals surface area contributed by atoms with Crippen LogP contribution in [0.15, 0.2) is 28.7 Å². The van der Waals surface area contributed by atoms with Gasteiger partial charge in [-0.15, -0.1) is 0 Å². The van der Waals surface area contributed by atoms with E-state index < -0.39 is 0 Å². The van der Waals surface area contributed by atoms with Crippen LogP contribution in [0.3, 0.4) is 0 Å². The molecule has 0 aliphatic heterocycles. The number of methoxy groups -OCH3 is 1. The number of halogens is 1. The lowest BCUT2D eigenvalue weighted by atomic mass is 10.2. The number of carbonyl (C=O) groups excluding carboxylic acids is 1. The second-order valence-corrected chi connectivity index (χ2v) is 3.83. The van der Waals surface area contributed by atoms with Crippen LogP contribution in [0.1, 0.15) is 12.5 Å². The summed E-state index contributed by atoms with van der Waals surface area (Å²) in [6.07, 6.45) is 3.10. The molecular weight excluding hydrogens is 272 g/mol. The molecule has 0 fully saturated rings. The van der Waals surface area contributed by atoms with Crippen LogP contribution in [-0.4, -0.2) is 19.7 Å². The number of benzene rings is 1. The highest BCUT2D eigenvalue weighted by atomic mass is 79.9. The first-order chi connectivity index (χ1) is 7.67. The lowest BCUT2D eigenvalue weighted by Crippen LogP contribution is -1.98. The first-order valence-corrected chi connectivity index (χ1v) is 5.65. The van der Waals surface area contributed by atoms with Gasteiger partial charge in [0, 0.05) is 6.08 Å². The number of ether oxygens (including phenoxy) is 2. The second-order valence-electron chi connectivity index (χ2n) is 2.98. The molecule has 86 valence electrons. The molecule has 0 saturated heterocycles. The average Bonchev–Trinajstić information content (AvgIpc) is 2.27. The van der Waals surface area contributed by atoms with Crippen LogP contribution >= 0.6 is 15.9 Å². The van der Waals surface area contributed by atoms with Gasteiger partial charge in [0.1, 0.15) is 5.75 Å². The van der Waals surface area contributed by atoms with E-state index in [-0.39, 0.29) is 5.97 Å². The minimum absolute atomic E-state index is 0.338. The minimum atomic E-state index is -0.338. The van der Waals surface area contributed by atoms with Gasteiger partial charge in [0.15, 0.2) is 0 Å². The van der Waals surface area contributed by atoms with Crippen molar-refractivity contribution < 1.29 is 14.3 Å². The van der Waals surface area contributed by atoms with Crippen molar-refractivity contribution in [1.82, 2.24) is 0 Å². The summed E-state index contributed by atoms with van der Waals surface area (Å²) in [5.74, 6) is 0.419. The summed E-state index contributed by atoms with van der Waals surface area (Å²) in [7, 11) is 1.61. The quantitative estimate of drug-likeness (QED) is 0.630. The fourth-order valence-corrected chi connectivity index (χ4v) is 1.70. The zero-order chi connectivity index (χ0) is 12.0. The maximum Gasteiger partial charge on any atom is 0.330 e. The average molecular weight is 285 g/mol. The molecule has 0 unspecified atom stereocenters. The highest BCUT2D eigenvalue weighted by molar-refractivity contribution is 9.10. The smallest absolute Gasteiger partial charge is 0.330 e. The standard InChI is InChI=1S/C12H13BrO3/c1-3-16-12(14)7-5-9-4-6-11(15-2)10(13)8-9/h4-8H,3H2,1-2H3. The fraction of sp³-hybridized carbons (Fsp3) is 0.250. The normalized spacial score (nSPS) is 10.4. The summed E-state index contributed by atoms with van der Waals surface area (Å²) in [6, 6.07) is 5.56. The summed E-state index contributed by atoms with van der Waals surface area (Å²) in [6.45, 7) is 2.16. The van der Waals surface area contributed by atoms with Crippen LogP contribution < -0.4 is 4.74 Å². The number of hydrogen-bond acceptors (Lipinski definition) is 3. The molecule has 0 atom stereocenters. The fourth-order valence-electron chi connectivity index (χ4n) is 1.14. The summed E-state index contributed by atoms with van der Waals surface area (Å²) >= 11 is 3.37. The molecule has 0 aromatic heterocycles. The zero-order valence-corrected chi connectivity index (χ0v) is 10.8. The van der Waals surface area contributed by atoms with E-state index in [2.05, 4.69) is 15.9 Å². The van der Waals surface area contributed by atoms with E-state index in [0.717, 1.165) is 15.8 Å². The van der Waals surface area contributed by atoms with Crippen LogP contribution in [0.5, 0.6) is 5.75 Å². The number of esters is 1. The van der Waals surface area contributed by atoms with Gasteiger partial charge >= 0.3 is 5.97 Å². The lowest BCUT2D eigenvalue weighted by Gasteiger charge is -2.03. The van der Waals surface area contributed by atoms with Crippen molar-refractivity contribution in [3.63, 3.8) is 0 Å². The summed E-state index contributed by atoms with van der Waals surface area (Å²) < 4.78 is 10.7. The first kappa shape index (κ1) is 12.8. The van der Waals surface area contributed by atoms with E-state index in [9.17, 15) is 4.79 Å². The van der Waals surface area contributed by atoms with Gasteiger partial charge in [-0.1, -0.05) is 6.07 Å². The van der Waals surface area contributed by atoms with Crippen molar-refractivity contribution in [3.05, 3.63) is 34.3 Å². The molecule has 0 saturated carbocycles. The van der Waals surface area contributed by atoms with Crippen molar-refractivity contribution in [3.8, 4) is 5.75 Å². The van der Waals surface area contributed by atoms with Gasteiger partial charge in [-0.3, -0.25) is 0 Å². The molecule has 1 rings (SSSR count). The minimum Gasteiger partial charge on any atom is -0.496 e. The lowest BCUT2D eigenvalue weighted by molar-refractivity contribution is -0.137. The molecule has 0 amide bonds. The summed E-state index contributed by atoms with van der Waals surface area (Å²) in [4.78, 5) is 11.1. The van der Waals surface area contributed by atoms with E-state index in [0.29, 0.717) is 6.61 Å². The van der Waals surface area contributed by atoms with Crippen molar-refractivity contribution in [2.75, 3.05) is 13.7 Å². The van der Waals surface area contributed by atoms with Crippen LogP contribution in [-0.2, 0) is 9.53 Å². The van der Waals surface area contributed by atoms with Crippen LogP contribution in [0.2, 0.25) is 0 Å². The van der Waals surface area contributed by atoms with E-state index in [1.54, 1.807) is 20.1 Å². The monoisotopic (exact) mass is 284 g/mol. The Morgan fingerprint density at radius 1 is 1.50 bits per heavy atom. The third-order valence-corrected chi connectivity index (χ3v) is 2.49. The van der Waals surface area contributed by atoms with E-state index >= 15 is 0 Å². The molecule has 0 radical (unpaired) electrons. The van der Waals surface area contributed by atoms with E-state index in [1.807, 2.05) is 18.2 Å². The predicted octanol–water partition coefficient (Wildman–Crippen LogP) is 3.03. The Morgan fingerprint density at radius 3 is 2.81 bits per heavy atom. The van der Waals surface area contributed by atoms with Gasteiger partial charge < -0.3 is 9.47 Å². The predicted molar refractivity (Wildman–Crippen MR) is 66.4 cm³/mol. The van der Waals surface area contributed by atoms with E-state index in [1.165, 1.54) is 6.08 Å². The highest BCUT2D eigenvalue weighted by Crippen LogP contribution is 2.25. The topological polar surface area (TPSA) is 35.5 Å². The molecular formula is C12H13BrO3. The highest BCUT2D eigenvalue weighted by Gasteiger charge is 2.00. The molecule has 4 heteroatoms. The molecule has 0 heterocycles. The molecule has 3 nitrogen and oxygen atoms in total. The number of hydrogen-bond donors (Lipinski definition) is 0. The maximum absolute atomic E-state index is 11.1. The molecule has 0 bridgehead atoms. The number of rotatable bonds is 4. The summed E-state index contributed by atoms with van der Waals surface area (Å²) in [5.41, 5.74) is 0.903. The molecule has 16 heavy (non-hydrogen) atoms. The van der Waals surface area contributed by atoms with Gasteiger partial charge in [-0.2, -0.15) is 0 Å². The van der Waals surface area contributed by atoms with Crippen molar-refractivity contribution >= 4 is 28.0 Å². The molecule has 1 aromatic carbocycles. The van der Waals surface area contributed by atoms with Crippen molar-refractivity contribution in [2.45, 2.75) is 6.92 Å². The molecule has 1 aromatic rings. The first-order valence-electron chi connectivity index (χ1n) is 4.85. The largest absolute Gasteiger partial charge is 0.496 e. The SMILES string of the molecule is CCOC(=O)C=Cc1ccc(OC)c(Br)c1. The number of carbonyl (C=O) groups is 1. The Kier molecular flexibility index (Phi) is 5.05. The van der Waals surface area contributed by atoms with Gasteiger partial charge in [-0.05, 0) is 46.6 Å². The zero-order valence-electron chi connectivity index (χ0n) is 9.20. The van der Waals surface area contributed by atoms with Crippen molar-refractivity contribution in [2.24, 2.45) is 0 Å². The van der Waals surface area contributed by atoms with Gasteiger partial charge in [0.2, 0.25) is 0 Å². The molecule has 0 N–H and O–H groups in total. The van der Waals surface area contributed by atoms with Gasteiger partial charge in [0.25, 0.3) is 0 Å². The Labute approximate surface area is 103 Å². The molecule has 0 aliphatic rings. The molecule has 0 spiro atoms. The van der Waals surface area contributed by atoms with Crippen LogP contribution in [0.25, 0.3) is 6.08 Å². The summed E-state index contributed by atoms with van der Waals surface area (Å²) in [5, 5.41) is 0. The maximum atomic E-state index is 11.1. The molecule has 0 aliphatic carbocycles. The third kappa shape index (κ3) is 3.70. The Hall–Kier alpha value is -1.29. The third-order valence-electron chi connectivity index (χ3n) is 1.87. The van der Waals surface area contributed by atoms with Gasteiger partial charge in [-0.25, -0.2) is 4.79 Å². The Morgan fingerprint density at radius 2 is 2.25 bits per heavy atom. The van der Waals surface area contributed by atoms with Crippen LogP contribution in [0, 0.1) is 0 Å². The second kappa shape index (κ2) is 6.33. The van der Waals surface area contributed by atoms with Gasteiger partial charge in [0.05, 0.1) is 18.2 Å². The van der Waals surface area contributed by atoms with Crippen LogP contribution in [0.4, 0.5) is 0 Å². The van der Waals surface area contributed by atoms with Crippen molar-refractivity contribution in [1.29, 1.82) is 0 Å². The Bertz CT molecular complexity index is 399.